The first-order valence-electron chi connectivity index (χ1n) is 11.8. The van der Waals surface area contributed by atoms with Crippen molar-refractivity contribution in [3.8, 4) is 5.75 Å². The largest absolute Gasteiger partial charge is 0.506 e. The number of nitrogens with zero attached hydrogens (tertiary/aromatic N) is 3. The molecule has 1 aromatic heterocycles. The van der Waals surface area contributed by atoms with Crippen molar-refractivity contribution in [3.63, 3.8) is 0 Å². The molecule has 0 unspecified atom stereocenters. The van der Waals surface area contributed by atoms with Crippen LogP contribution in [0.25, 0.3) is 10.9 Å². The van der Waals surface area contributed by atoms with E-state index < -0.39 is 5.91 Å². The maximum atomic E-state index is 13.3. The molecule has 0 bridgehead atoms. The van der Waals surface area contributed by atoms with Gasteiger partial charge >= 0.3 is 0 Å². The fourth-order valence-electron chi connectivity index (χ4n) is 3.96. The first-order chi connectivity index (χ1) is 18.0. The highest BCUT2D eigenvalue weighted by Crippen LogP contribution is 2.23. The summed E-state index contributed by atoms with van der Waals surface area (Å²) in [5.74, 6) is -0.523. The van der Waals surface area contributed by atoms with Crippen LogP contribution in [0.15, 0.2) is 84.1 Å². The van der Waals surface area contributed by atoms with Gasteiger partial charge in [-0.1, -0.05) is 54.1 Å². The van der Waals surface area contributed by atoms with Gasteiger partial charge in [-0.05, 0) is 42.9 Å². The van der Waals surface area contributed by atoms with Crippen LogP contribution in [0.4, 0.5) is 0 Å². The van der Waals surface area contributed by atoms with E-state index in [2.05, 4.69) is 15.8 Å². The number of carbonyl (C=O) groups excluding carboxylic acids is 2. The Labute approximate surface area is 220 Å². The minimum absolute atomic E-state index is 0.0236. The predicted molar refractivity (Wildman–Crippen MR) is 146 cm³/mol. The Morgan fingerprint density at radius 3 is 2.65 bits per heavy atom. The quantitative estimate of drug-likeness (QED) is 0.218. The lowest BCUT2D eigenvalue weighted by Gasteiger charge is -2.23. The summed E-state index contributed by atoms with van der Waals surface area (Å²) in [6.07, 6.45) is 3.44. The van der Waals surface area contributed by atoms with Crippen LogP contribution in [-0.4, -0.2) is 52.7 Å². The van der Waals surface area contributed by atoms with E-state index in [4.69, 9.17) is 11.6 Å². The number of fused-ring (bicyclic) bond motifs is 1. The number of hydrazone groups is 1. The number of amides is 2. The lowest BCUT2D eigenvalue weighted by molar-refractivity contribution is -0.132. The molecule has 0 saturated heterocycles. The maximum Gasteiger partial charge on any atom is 0.271 e. The van der Waals surface area contributed by atoms with Crippen molar-refractivity contribution in [3.05, 3.63) is 101 Å². The van der Waals surface area contributed by atoms with E-state index in [-0.39, 0.29) is 28.8 Å². The molecule has 37 heavy (non-hydrogen) atoms. The van der Waals surface area contributed by atoms with Gasteiger partial charge in [0.25, 0.3) is 5.91 Å². The highest BCUT2D eigenvalue weighted by Gasteiger charge is 2.16. The minimum atomic E-state index is -0.450. The number of carbonyl (C=O) groups is 2. The summed E-state index contributed by atoms with van der Waals surface area (Å²) in [6.45, 7) is 2.06. The summed E-state index contributed by atoms with van der Waals surface area (Å²) in [5.41, 5.74) is 5.52. The highest BCUT2D eigenvalue weighted by atomic mass is 35.5. The fourth-order valence-corrected chi connectivity index (χ4v) is 4.14. The van der Waals surface area contributed by atoms with Crippen LogP contribution in [0.1, 0.15) is 21.5 Å². The van der Waals surface area contributed by atoms with E-state index in [9.17, 15) is 14.7 Å². The molecule has 1 heterocycles. The van der Waals surface area contributed by atoms with E-state index in [1.54, 1.807) is 6.21 Å². The number of halogens is 1. The molecule has 0 spiro atoms. The molecular weight excluding hydrogens is 490 g/mol. The Morgan fingerprint density at radius 2 is 1.89 bits per heavy atom. The molecule has 4 rings (SSSR count). The third kappa shape index (κ3) is 6.55. The second kappa shape index (κ2) is 12.2. The fraction of sp³-hybridized carbons (Fsp3) is 0.179. The van der Waals surface area contributed by atoms with Crippen LogP contribution in [0, 0.1) is 0 Å². The first kappa shape index (κ1) is 25.9. The normalized spacial score (nSPS) is 11.2. The topological polar surface area (TPSA) is 99.0 Å². The van der Waals surface area contributed by atoms with Gasteiger partial charge in [-0.2, -0.15) is 5.10 Å². The first-order valence-corrected chi connectivity index (χ1v) is 12.2. The number of aromatic nitrogens is 1. The van der Waals surface area contributed by atoms with Crippen LogP contribution in [0.2, 0.25) is 5.02 Å². The van der Waals surface area contributed by atoms with Crippen LogP contribution in [0.3, 0.4) is 0 Å². The van der Waals surface area contributed by atoms with Gasteiger partial charge in [-0.3, -0.25) is 9.59 Å². The van der Waals surface area contributed by atoms with Gasteiger partial charge in [-0.15, -0.1) is 0 Å². The van der Waals surface area contributed by atoms with Gasteiger partial charge in [0, 0.05) is 47.9 Å². The smallest absolute Gasteiger partial charge is 0.271 e. The van der Waals surface area contributed by atoms with Crippen LogP contribution in [-0.2, 0) is 17.9 Å². The Hall–Kier alpha value is -4.14. The van der Waals surface area contributed by atoms with Gasteiger partial charge in [0.15, 0.2) is 0 Å². The summed E-state index contributed by atoms with van der Waals surface area (Å²) < 4.78 is 1.92. The van der Waals surface area contributed by atoms with Crippen molar-refractivity contribution in [1.82, 2.24) is 20.2 Å². The molecular formula is C28H28ClN5O3. The average Bonchev–Trinajstić information content (AvgIpc) is 3.32. The number of hydrogen-bond donors (Lipinski definition) is 3. The molecule has 0 atom stereocenters. The summed E-state index contributed by atoms with van der Waals surface area (Å²) >= 11 is 5.88. The molecule has 0 fully saturated rings. The van der Waals surface area contributed by atoms with E-state index in [1.807, 2.05) is 77.3 Å². The van der Waals surface area contributed by atoms with Gasteiger partial charge in [-0.25, -0.2) is 5.43 Å². The second-order valence-corrected chi connectivity index (χ2v) is 8.90. The number of hydrogen-bond acceptors (Lipinski definition) is 5. The monoisotopic (exact) mass is 517 g/mol. The lowest BCUT2D eigenvalue weighted by atomic mass is 10.1. The second-order valence-electron chi connectivity index (χ2n) is 8.49. The number of rotatable bonds is 10. The zero-order valence-electron chi connectivity index (χ0n) is 20.4. The van der Waals surface area contributed by atoms with Crippen molar-refractivity contribution in [1.29, 1.82) is 0 Å². The zero-order chi connectivity index (χ0) is 26.2. The molecule has 3 aromatic carbocycles. The van der Waals surface area contributed by atoms with Crippen molar-refractivity contribution < 1.29 is 14.7 Å². The molecule has 0 radical (unpaired) electrons. The summed E-state index contributed by atoms with van der Waals surface area (Å²) in [7, 11) is 1.87. The van der Waals surface area contributed by atoms with Gasteiger partial charge in [0.1, 0.15) is 12.3 Å². The molecule has 0 aliphatic heterocycles. The van der Waals surface area contributed by atoms with Gasteiger partial charge in [0.2, 0.25) is 5.91 Å². The number of benzene rings is 3. The summed E-state index contributed by atoms with van der Waals surface area (Å²) in [6, 6.07) is 21.8. The maximum absolute atomic E-state index is 13.3. The number of phenolic OH excluding ortho intramolecular Hbond substituents is 1. The Balaban J connectivity index is 1.47. The van der Waals surface area contributed by atoms with E-state index in [1.165, 1.54) is 18.2 Å². The molecule has 8 nitrogen and oxygen atoms in total. The van der Waals surface area contributed by atoms with Crippen molar-refractivity contribution in [2.45, 2.75) is 13.1 Å². The Bertz CT molecular complexity index is 1420. The lowest BCUT2D eigenvalue weighted by Crippen LogP contribution is -2.37. The van der Waals surface area contributed by atoms with Crippen molar-refractivity contribution >= 4 is 40.5 Å². The standard InChI is InChI=1S/C28H28ClN5O3/c1-30-13-15-34(18-20-6-3-2-4-7-20)27(36)19-33-14-12-23-22(8-5-9-25(23)33)17-31-32-28(37)21-10-11-26(35)24(29)16-21/h2-12,14,16-17,30,35H,13,15,18-19H2,1H3,(H,32,37)/b31-17+. The molecule has 2 amide bonds. The molecule has 190 valence electrons. The SMILES string of the molecule is CNCCN(Cc1ccccc1)C(=O)Cn1ccc2c(/C=N/NC(=O)c3ccc(O)c(Cl)c3)cccc21. The molecule has 0 saturated carbocycles. The number of phenols is 1. The van der Waals surface area contributed by atoms with E-state index >= 15 is 0 Å². The molecule has 3 N–H and O–H groups in total. The van der Waals surface area contributed by atoms with E-state index in [0.717, 1.165) is 22.0 Å². The van der Waals surface area contributed by atoms with Crippen LogP contribution in [0.5, 0.6) is 5.75 Å². The minimum Gasteiger partial charge on any atom is -0.506 e. The summed E-state index contributed by atoms with van der Waals surface area (Å²) in [5, 5.41) is 17.7. The van der Waals surface area contributed by atoms with Crippen LogP contribution < -0.4 is 10.7 Å². The molecule has 4 aromatic rings. The van der Waals surface area contributed by atoms with Crippen molar-refractivity contribution in [2.75, 3.05) is 20.1 Å². The van der Waals surface area contributed by atoms with Gasteiger partial charge < -0.3 is 19.9 Å². The van der Waals surface area contributed by atoms with Crippen molar-refractivity contribution in [2.24, 2.45) is 5.10 Å². The third-order valence-corrected chi connectivity index (χ3v) is 6.24. The van der Waals surface area contributed by atoms with Crippen LogP contribution >= 0.6 is 11.6 Å². The number of nitrogens with one attached hydrogen (secondary N) is 2. The van der Waals surface area contributed by atoms with Gasteiger partial charge in [0.05, 0.1) is 11.2 Å². The predicted octanol–water partition coefficient (Wildman–Crippen LogP) is 4.01. The third-order valence-electron chi connectivity index (χ3n) is 5.93. The Kier molecular flexibility index (Phi) is 8.56. The zero-order valence-corrected chi connectivity index (χ0v) is 21.2. The highest BCUT2D eigenvalue weighted by molar-refractivity contribution is 6.32. The summed E-state index contributed by atoms with van der Waals surface area (Å²) in [4.78, 5) is 27.5. The molecule has 9 heteroatoms. The molecule has 0 aliphatic rings. The molecule has 0 aliphatic carbocycles. The Morgan fingerprint density at radius 1 is 1.08 bits per heavy atom. The number of likely N-dealkylation sites (N-methyl/N-ethyl adjacent to an activating group) is 1. The average molecular weight is 518 g/mol. The van der Waals surface area contributed by atoms with E-state index in [0.29, 0.717) is 19.6 Å². The number of aromatic hydroxyl groups is 1.